The van der Waals surface area contributed by atoms with Crippen LogP contribution in [0, 0.1) is 0 Å². The Morgan fingerprint density at radius 1 is 0.818 bits per heavy atom. The summed E-state index contributed by atoms with van der Waals surface area (Å²) in [5.74, 6) is 0.174. The van der Waals surface area contributed by atoms with E-state index in [9.17, 15) is 14.3 Å². The predicted octanol–water partition coefficient (Wildman–Crippen LogP) is 9.12. The molecule has 0 aromatic heterocycles. The Morgan fingerprint density at radius 2 is 1.48 bits per heavy atom. The molecule has 1 N–H and O–H groups in total. The van der Waals surface area contributed by atoms with E-state index in [-0.39, 0.29) is 17.5 Å². The van der Waals surface area contributed by atoms with Gasteiger partial charge in [-0.3, -0.25) is 9.69 Å². The number of benzene rings is 4. The Kier molecular flexibility index (Phi) is 8.65. The minimum absolute atomic E-state index is 0.175. The number of fused-ring (bicyclic) bond motifs is 4. The highest BCUT2D eigenvalue weighted by molar-refractivity contribution is 7.99. The number of hydrogen-bond acceptors (Lipinski definition) is 8. The van der Waals surface area contributed by atoms with E-state index < -0.39 is 13.7 Å². The monoisotopic (exact) mass is 644 g/mol. The van der Waals surface area contributed by atoms with E-state index in [4.69, 9.17) is 18.5 Å². The number of carbonyl (C=O) groups is 1. The summed E-state index contributed by atoms with van der Waals surface area (Å²) in [6, 6.07) is 26.4. The van der Waals surface area contributed by atoms with Gasteiger partial charge < -0.3 is 18.5 Å². The molecule has 2 atom stereocenters. The molecule has 0 aliphatic carbocycles. The molecule has 2 aliphatic heterocycles. The van der Waals surface area contributed by atoms with Crippen molar-refractivity contribution in [3.63, 3.8) is 0 Å². The first-order valence-electron chi connectivity index (χ1n) is 13.9. The third-order valence-electron chi connectivity index (χ3n) is 7.14. The summed E-state index contributed by atoms with van der Waals surface area (Å²) in [7, 11) is -3.17. The van der Waals surface area contributed by atoms with Crippen molar-refractivity contribution in [2.24, 2.45) is 0 Å². The van der Waals surface area contributed by atoms with Crippen LogP contribution in [0.2, 0.25) is 0 Å². The molecule has 0 saturated heterocycles. The molecule has 4 aromatic rings. The Balaban J connectivity index is 1.39. The molecule has 10 heteroatoms. The van der Waals surface area contributed by atoms with Crippen molar-refractivity contribution in [3.8, 4) is 5.75 Å². The number of esters is 1. The van der Waals surface area contributed by atoms with Crippen LogP contribution in [0.15, 0.2) is 105 Å². The molecule has 2 aliphatic rings. The molecule has 0 amide bonds. The molecule has 224 valence electrons. The third-order valence-corrected chi connectivity index (χ3v) is 10.4. The average Bonchev–Trinajstić information content (AvgIpc) is 3.27. The first-order chi connectivity index (χ1) is 21.3. The molecule has 0 saturated carbocycles. The zero-order valence-corrected chi connectivity index (χ0v) is 26.7. The van der Waals surface area contributed by atoms with Crippen LogP contribution in [0.3, 0.4) is 0 Å². The molecule has 2 unspecified atom stereocenters. The van der Waals surface area contributed by atoms with Gasteiger partial charge in [-0.25, -0.2) is 4.57 Å². The number of ether oxygens (including phenoxy) is 2. The molecule has 2 heterocycles. The first-order valence-corrected chi connectivity index (χ1v) is 17.1. The topological polar surface area (TPSA) is 91.3 Å². The number of methoxy groups -OCH3 is 1. The summed E-state index contributed by atoms with van der Waals surface area (Å²) in [5.41, 5.74) is 3.59. The van der Waals surface area contributed by atoms with Crippen LogP contribution >= 0.6 is 31.3 Å². The number of carbonyl (C=O) groups excluding carboxylic acids is 1. The number of hydrogen-bond donors (Lipinski definition) is 1. The SMILES string of the molecule is CCOC(=O)C(C)c1ccc2c(c1)C=C(OP(=O)(O)OC1=Cc3ccccc3Sc3c(OC)cccc31)c1ccccc1S2. The van der Waals surface area contributed by atoms with Gasteiger partial charge in [0.1, 0.15) is 17.3 Å². The Hall–Kier alpha value is -3.88. The van der Waals surface area contributed by atoms with E-state index in [0.29, 0.717) is 23.5 Å². The fourth-order valence-electron chi connectivity index (χ4n) is 4.96. The summed E-state index contributed by atoms with van der Waals surface area (Å²) in [5, 5.41) is 0. The van der Waals surface area contributed by atoms with Crippen molar-refractivity contribution < 1.29 is 32.8 Å². The summed E-state index contributed by atoms with van der Waals surface area (Å²) in [6.07, 6.45) is 3.45. The highest BCUT2D eigenvalue weighted by atomic mass is 32.2. The van der Waals surface area contributed by atoms with Crippen molar-refractivity contribution in [2.45, 2.75) is 39.3 Å². The quantitative estimate of drug-likeness (QED) is 0.149. The lowest BCUT2D eigenvalue weighted by Crippen LogP contribution is -2.13. The second-order valence-corrected chi connectivity index (χ2v) is 13.5. The van der Waals surface area contributed by atoms with Gasteiger partial charge in [-0.15, -0.1) is 0 Å². The van der Waals surface area contributed by atoms with E-state index in [0.717, 1.165) is 36.3 Å². The van der Waals surface area contributed by atoms with Gasteiger partial charge in [-0.05, 0) is 79.1 Å². The summed E-state index contributed by atoms with van der Waals surface area (Å²) in [4.78, 5) is 27.2. The van der Waals surface area contributed by atoms with Crippen LogP contribution in [0.25, 0.3) is 23.7 Å². The van der Waals surface area contributed by atoms with Crippen LogP contribution in [0.1, 0.15) is 47.6 Å². The van der Waals surface area contributed by atoms with Crippen LogP contribution < -0.4 is 4.74 Å². The largest absolute Gasteiger partial charge is 0.584 e. The Morgan fingerprint density at radius 3 is 2.25 bits per heavy atom. The van der Waals surface area contributed by atoms with Gasteiger partial charge >= 0.3 is 13.8 Å². The van der Waals surface area contributed by atoms with Gasteiger partial charge in [0.05, 0.1) is 24.5 Å². The van der Waals surface area contributed by atoms with Gasteiger partial charge in [0.2, 0.25) is 0 Å². The number of phosphoric ester groups is 1. The maximum absolute atomic E-state index is 13.8. The van der Waals surface area contributed by atoms with Crippen LogP contribution in [-0.4, -0.2) is 24.6 Å². The van der Waals surface area contributed by atoms with Gasteiger partial charge in [0.15, 0.2) is 0 Å². The van der Waals surface area contributed by atoms with Crippen molar-refractivity contribution in [1.82, 2.24) is 0 Å². The lowest BCUT2D eigenvalue weighted by molar-refractivity contribution is -0.144. The predicted molar refractivity (Wildman–Crippen MR) is 173 cm³/mol. The smallest absolute Gasteiger partial charge is 0.496 e. The van der Waals surface area contributed by atoms with Crippen molar-refractivity contribution in [1.29, 1.82) is 0 Å². The molecule has 0 fully saturated rings. The molecule has 44 heavy (non-hydrogen) atoms. The van der Waals surface area contributed by atoms with E-state index >= 15 is 0 Å². The molecule has 7 nitrogen and oxygen atoms in total. The van der Waals surface area contributed by atoms with Gasteiger partial charge in [0, 0.05) is 25.8 Å². The van der Waals surface area contributed by atoms with Crippen LogP contribution in [0.4, 0.5) is 0 Å². The average molecular weight is 645 g/mol. The number of rotatable bonds is 8. The third kappa shape index (κ3) is 6.19. The number of phosphoric acid groups is 1. The second kappa shape index (κ2) is 12.6. The van der Waals surface area contributed by atoms with Crippen molar-refractivity contribution in [3.05, 3.63) is 113 Å². The van der Waals surface area contributed by atoms with Crippen LogP contribution in [0.5, 0.6) is 5.75 Å². The fourth-order valence-corrected chi connectivity index (χ4v) is 7.97. The molecule has 6 rings (SSSR count). The minimum atomic E-state index is -4.75. The summed E-state index contributed by atoms with van der Waals surface area (Å²) in [6.45, 7) is 3.86. The molecule has 0 bridgehead atoms. The van der Waals surface area contributed by atoms with E-state index in [1.807, 2.05) is 84.9 Å². The van der Waals surface area contributed by atoms with Gasteiger partial charge in [-0.1, -0.05) is 72.1 Å². The van der Waals surface area contributed by atoms with Gasteiger partial charge in [-0.2, -0.15) is 0 Å². The minimum Gasteiger partial charge on any atom is -0.496 e. The zero-order chi connectivity index (χ0) is 30.8. The Bertz CT molecular complexity index is 1870. The van der Waals surface area contributed by atoms with Crippen molar-refractivity contribution in [2.75, 3.05) is 13.7 Å². The standard InChI is InChI=1S/C34H29O7PS2/c1-4-39-34(35)21(2)22-16-17-31-24(18-22)20-28(25-11-6-8-15-32(25)43-31)40-42(36,37)41-29-19-23-10-5-7-14-30(23)44-33-26(29)12-9-13-27(33)38-3/h5-21H,4H2,1-3H3,(H,36,37). The highest BCUT2D eigenvalue weighted by Gasteiger charge is 2.33. The summed E-state index contributed by atoms with van der Waals surface area (Å²) >= 11 is 3.01. The maximum Gasteiger partial charge on any atom is 0.584 e. The highest BCUT2D eigenvalue weighted by Crippen LogP contribution is 2.56. The van der Waals surface area contributed by atoms with E-state index in [2.05, 4.69) is 0 Å². The first kappa shape index (κ1) is 30.2. The molecular formula is C34H29O7PS2. The van der Waals surface area contributed by atoms with Gasteiger partial charge in [0.25, 0.3) is 0 Å². The normalized spacial score (nSPS) is 15.3. The van der Waals surface area contributed by atoms with Crippen molar-refractivity contribution >= 4 is 61.0 Å². The fraction of sp³-hybridized carbons (Fsp3) is 0.147. The van der Waals surface area contributed by atoms with E-state index in [1.165, 1.54) is 23.5 Å². The van der Waals surface area contributed by atoms with Crippen LogP contribution in [-0.2, 0) is 23.1 Å². The molecule has 4 aromatic carbocycles. The summed E-state index contributed by atoms with van der Waals surface area (Å²) < 4.78 is 36.5. The lowest BCUT2D eigenvalue weighted by atomic mass is 9.98. The maximum atomic E-state index is 13.8. The molecule has 0 radical (unpaired) electrons. The molecular weight excluding hydrogens is 615 g/mol. The zero-order valence-electron chi connectivity index (χ0n) is 24.2. The lowest BCUT2D eigenvalue weighted by Gasteiger charge is -2.19. The van der Waals surface area contributed by atoms with E-state index in [1.54, 1.807) is 33.1 Å². The Labute approximate surface area is 264 Å². The second-order valence-electron chi connectivity index (χ2n) is 10.0. The molecule has 0 spiro atoms.